The Morgan fingerprint density at radius 1 is 0.824 bits per heavy atom. The van der Waals surface area contributed by atoms with Gasteiger partial charge in [-0.25, -0.2) is 8.42 Å². The normalized spacial score (nSPS) is 15.7. The first-order valence-corrected chi connectivity index (χ1v) is 12.4. The molecule has 1 aliphatic rings. The van der Waals surface area contributed by atoms with E-state index in [4.69, 9.17) is 5.10 Å². The van der Waals surface area contributed by atoms with Crippen molar-refractivity contribution < 1.29 is 13.5 Å². The van der Waals surface area contributed by atoms with E-state index >= 15 is 0 Å². The molecule has 5 rings (SSSR count). The van der Waals surface area contributed by atoms with Crippen molar-refractivity contribution >= 4 is 27.1 Å². The Kier molecular flexibility index (Phi) is 5.77. The van der Waals surface area contributed by atoms with Crippen LogP contribution < -0.4 is 9.73 Å². The Labute approximate surface area is 198 Å². The van der Waals surface area contributed by atoms with Gasteiger partial charge < -0.3 is 5.11 Å². The molecule has 1 unspecified atom stereocenters. The van der Waals surface area contributed by atoms with Crippen molar-refractivity contribution in [1.82, 2.24) is 0 Å². The van der Waals surface area contributed by atoms with Gasteiger partial charge in [0, 0.05) is 12.1 Å². The highest BCUT2D eigenvalue weighted by Gasteiger charge is 2.30. The maximum Gasteiger partial charge on any atom is 0.261 e. The molecule has 1 aliphatic heterocycles. The average Bonchev–Trinajstić information content (AvgIpc) is 3.31. The Bertz CT molecular complexity index is 1440. The summed E-state index contributed by atoms with van der Waals surface area (Å²) >= 11 is 0. The molecular formula is C27H23N3O3S. The average molecular weight is 470 g/mol. The van der Waals surface area contributed by atoms with Crippen LogP contribution in [0.1, 0.15) is 23.6 Å². The summed E-state index contributed by atoms with van der Waals surface area (Å²) in [5.41, 5.74) is 3.86. The van der Waals surface area contributed by atoms with E-state index in [1.165, 1.54) is 0 Å². The van der Waals surface area contributed by atoms with Crippen molar-refractivity contribution in [2.75, 3.05) is 9.73 Å². The predicted octanol–water partition coefficient (Wildman–Crippen LogP) is 5.55. The molecule has 0 saturated heterocycles. The van der Waals surface area contributed by atoms with Crippen molar-refractivity contribution in [2.45, 2.75) is 17.4 Å². The minimum absolute atomic E-state index is 0.132. The SMILES string of the molecule is O=S(=O)(Nc1ccccc1)c1cccc(C2=NN(c3ccccc3)C(c3cccc(O)c3)C2)c1. The lowest BCUT2D eigenvalue weighted by Gasteiger charge is -2.24. The molecule has 34 heavy (non-hydrogen) atoms. The van der Waals surface area contributed by atoms with Crippen molar-refractivity contribution in [3.63, 3.8) is 0 Å². The molecular weight excluding hydrogens is 446 g/mol. The minimum Gasteiger partial charge on any atom is -0.508 e. The second-order valence-corrected chi connectivity index (χ2v) is 9.72. The summed E-state index contributed by atoms with van der Waals surface area (Å²) in [5, 5.41) is 16.8. The van der Waals surface area contributed by atoms with E-state index in [1.54, 1.807) is 54.6 Å². The van der Waals surface area contributed by atoms with Crippen LogP contribution in [0.3, 0.4) is 0 Å². The molecule has 0 aromatic heterocycles. The molecule has 1 atom stereocenters. The maximum absolute atomic E-state index is 13.0. The van der Waals surface area contributed by atoms with Crippen molar-refractivity contribution in [1.29, 1.82) is 0 Å². The van der Waals surface area contributed by atoms with Crippen LogP contribution >= 0.6 is 0 Å². The fraction of sp³-hybridized carbons (Fsp3) is 0.0741. The van der Waals surface area contributed by atoms with Crippen LogP contribution in [-0.4, -0.2) is 19.2 Å². The smallest absolute Gasteiger partial charge is 0.261 e. The molecule has 4 aromatic carbocycles. The van der Waals surface area contributed by atoms with Crippen LogP contribution in [0.4, 0.5) is 11.4 Å². The van der Waals surface area contributed by atoms with Gasteiger partial charge in [0.25, 0.3) is 10.0 Å². The molecule has 0 saturated carbocycles. The number of hydrazone groups is 1. The lowest BCUT2D eigenvalue weighted by Crippen LogP contribution is -2.18. The number of para-hydroxylation sites is 2. The largest absolute Gasteiger partial charge is 0.508 e. The van der Waals surface area contributed by atoms with Crippen LogP contribution in [0.5, 0.6) is 5.75 Å². The van der Waals surface area contributed by atoms with Crippen LogP contribution in [0, 0.1) is 0 Å². The van der Waals surface area contributed by atoms with Crippen molar-refractivity contribution in [3.05, 3.63) is 120 Å². The predicted molar refractivity (Wildman–Crippen MR) is 135 cm³/mol. The third-order valence-corrected chi connectivity index (χ3v) is 7.07. The zero-order valence-corrected chi connectivity index (χ0v) is 19.1. The molecule has 6 nitrogen and oxygen atoms in total. The number of rotatable bonds is 6. The highest BCUT2D eigenvalue weighted by Crippen LogP contribution is 2.37. The lowest BCUT2D eigenvalue weighted by molar-refractivity contribution is 0.473. The molecule has 0 bridgehead atoms. The first-order chi connectivity index (χ1) is 16.5. The van der Waals surface area contributed by atoms with Crippen molar-refractivity contribution in [2.24, 2.45) is 5.10 Å². The van der Waals surface area contributed by atoms with Gasteiger partial charge in [-0.2, -0.15) is 5.10 Å². The first-order valence-electron chi connectivity index (χ1n) is 10.9. The van der Waals surface area contributed by atoms with Gasteiger partial charge >= 0.3 is 0 Å². The van der Waals surface area contributed by atoms with Crippen molar-refractivity contribution in [3.8, 4) is 5.75 Å². The summed E-state index contributed by atoms with van der Waals surface area (Å²) in [5.74, 6) is 0.194. The Morgan fingerprint density at radius 3 is 2.26 bits per heavy atom. The standard InChI is InChI=1S/C27H23N3O3S/c31-24-15-7-10-21(17-24)27-19-26(28-30(27)23-13-5-2-6-14-23)20-9-8-16-25(18-20)34(32,33)29-22-11-3-1-4-12-22/h1-18,27,29,31H,19H2. The molecule has 7 heteroatoms. The summed E-state index contributed by atoms with van der Waals surface area (Å²) in [6, 6.07) is 32.5. The summed E-state index contributed by atoms with van der Waals surface area (Å²) in [4.78, 5) is 0.170. The second kappa shape index (κ2) is 9.03. The molecule has 0 spiro atoms. The Balaban J connectivity index is 1.50. The molecule has 4 aromatic rings. The van der Waals surface area contributed by atoms with E-state index in [1.807, 2.05) is 59.6 Å². The van der Waals surface area contributed by atoms with E-state index in [2.05, 4.69) is 4.72 Å². The number of hydrogen-bond acceptors (Lipinski definition) is 5. The van der Waals surface area contributed by atoms with Crippen LogP contribution in [0.25, 0.3) is 0 Å². The molecule has 0 amide bonds. The second-order valence-electron chi connectivity index (χ2n) is 8.04. The fourth-order valence-electron chi connectivity index (χ4n) is 4.06. The minimum atomic E-state index is -3.75. The van der Waals surface area contributed by atoms with Gasteiger partial charge in [-0.3, -0.25) is 9.73 Å². The number of anilines is 2. The topological polar surface area (TPSA) is 82.0 Å². The van der Waals surface area contributed by atoms with Gasteiger partial charge in [-0.05, 0) is 59.7 Å². The molecule has 0 radical (unpaired) electrons. The van der Waals surface area contributed by atoms with Gasteiger partial charge in [0.2, 0.25) is 0 Å². The number of nitrogens with zero attached hydrogens (tertiary/aromatic N) is 2. The summed E-state index contributed by atoms with van der Waals surface area (Å²) < 4.78 is 28.6. The number of benzene rings is 4. The van der Waals surface area contributed by atoms with Gasteiger partial charge in [0.15, 0.2) is 0 Å². The lowest BCUT2D eigenvalue weighted by atomic mass is 9.98. The van der Waals surface area contributed by atoms with E-state index in [-0.39, 0.29) is 16.7 Å². The fourth-order valence-corrected chi connectivity index (χ4v) is 5.16. The number of nitrogens with one attached hydrogen (secondary N) is 1. The van der Waals surface area contributed by atoms with E-state index < -0.39 is 10.0 Å². The number of aromatic hydroxyl groups is 1. The van der Waals surface area contributed by atoms with Crippen LogP contribution in [0.15, 0.2) is 119 Å². The van der Waals surface area contributed by atoms with Crippen LogP contribution in [-0.2, 0) is 10.0 Å². The molecule has 2 N–H and O–H groups in total. The highest BCUT2D eigenvalue weighted by molar-refractivity contribution is 7.92. The van der Waals surface area contributed by atoms with Crippen LogP contribution in [0.2, 0.25) is 0 Å². The Hall–Kier alpha value is -4.10. The van der Waals surface area contributed by atoms with E-state index in [0.717, 1.165) is 22.5 Å². The van der Waals surface area contributed by atoms with Gasteiger partial charge in [-0.15, -0.1) is 0 Å². The number of phenols is 1. The van der Waals surface area contributed by atoms with Gasteiger partial charge in [0.05, 0.1) is 22.3 Å². The number of phenolic OH excluding ortho intramolecular Hbond substituents is 1. The summed E-state index contributed by atoms with van der Waals surface area (Å²) in [6.07, 6.45) is 0.563. The Morgan fingerprint density at radius 2 is 1.53 bits per heavy atom. The van der Waals surface area contributed by atoms with E-state index in [9.17, 15) is 13.5 Å². The number of hydrogen-bond donors (Lipinski definition) is 2. The highest BCUT2D eigenvalue weighted by atomic mass is 32.2. The maximum atomic E-state index is 13.0. The molecule has 0 aliphatic carbocycles. The molecule has 170 valence electrons. The monoisotopic (exact) mass is 469 g/mol. The van der Waals surface area contributed by atoms with Gasteiger partial charge in [0.1, 0.15) is 5.75 Å². The third kappa shape index (κ3) is 4.51. The summed E-state index contributed by atoms with van der Waals surface area (Å²) in [7, 11) is -3.75. The molecule has 0 fully saturated rings. The third-order valence-electron chi connectivity index (χ3n) is 5.69. The number of sulfonamides is 1. The summed E-state index contributed by atoms with van der Waals surface area (Å²) in [6.45, 7) is 0. The molecule has 1 heterocycles. The van der Waals surface area contributed by atoms with Gasteiger partial charge in [-0.1, -0.05) is 60.7 Å². The zero-order valence-electron chi connectivity index (χ0n) is 18.2. The van der Waals surface area contributed by atoms with E-state index in [0.29, 0.717) is 12.1 Å². The quantitative estimate of drug-likeness (QED) is 0.388. The zero-order chi connectivity index (χ0) is 23.5. The first kappa shape index (κ1) is 21.7.